The van der Waals surface area contributed by atoms with Crippen LogP contribution in [0, 0.1) is 41.2 Å². The first kappa shape index (κ1) is 36.7. The van der Waals surface area contributed by atoms with Crippen LogP contribution in [0.5, 0.6) is 0 Å². The molecule has 4 fully saturated rings. The number of benzene rings is 4. The van der Waals surface area contributed by atoms with Crippen LogP contribution in [0.2, 0.25) is 0 Å². The summed E-state index contributed by atoms with van der Waals surface area (Å²) >= 11 is 1.46. The summed E-state index contributed by atoms with van der Waals surface area (Å²) < 4.78 is 2.23. The van der Waals surface area contributed by atoms with E-state index < -0.39 is 0 Å². The standard InChI is InChI=1S/C21H25.C18H25.C11H8.Zr/c1-20(2,3)16-7-9-18-14(12-16)11-15-13-17(21(4,5)6)8-10-19(15)18;1-12-3-13(2)17(4-12)11-18-8-14-5-15(9-18)7-16(6-14)10-18;1-9-5-4-7-10-6-2-3-8-11(9)10;/h7-10,12H,11H2,1-6H3;4,12,14-16H,5-11H2,1-2H3;1-8H;/q2*-1;;+2. The van der Waals surface area contributed by atoms with Crippen molar-refractivity contribution in [1.29, 1.82) is 0 Å². The Labute approximate surface area is 324 Å². The molecule has 262 valence electrons. The van der Waals surface area contributed by atoms with Crippen LogP contribution in [0.15, 0.2) is 90.0 Å². The van der Waals surface area contributed by atoms with Crippen molar-refractivity contribution >= 4 is 14.5 Å². The minimum atomic E-state index is 0.167. The molecular weight excluding hydrogens is 692 g/mol. The topological polar surface area (TPSA) is 0 Å². The molecule has 4 aromatic carbocycles. The van der Waals surface area contributed by atoms with E-state index in [1.54, 1.807) is 44.1 Å². The predicted octanol–water partition coefficient (Wildman–Crippen LogP) is 13.1. The number of fused-ring (bicyclic) bond motifs is 4. The van der Waals surface area contributed by atoms with E-state index in [1.165, 1.54) is 85.9 Å². The molecule has 4 aromatic rings. The number of rotatable bonds is 3. The molecule has 0 amide bonds. The third kappa shape index (κ3) is 8.01. The monoisotopic (exact) mass is 748 g/mol. The second-order valence-electron chi connectivity index (χ2n) is 18.9. The van der Waals surface area contributed by atoms with Gasteiger partial charge in [0.2, 0.25) is 0 Å². The van der Waals surface area contributed by atoms with Crippen molar-refractivity contribution in [1.82, 2.24) is 0 Å². The van der Waals surface area contributed by atoms with E-state index >= 15 is 0 Å². The predicted molar refractivity (Wildman–Crippen MR) is 215 cm³/mol. The van der Waals surface area contributed by atoms with Gasteiger partial charge in [0.1, 0.15) is 0 Å². The normalized spacial score (nSPS) is 25.6. The Hall–Kier alpha value is -2.63. The van der Waals surface area contributed by atoms with Crippen molar-refractivity contribution in [2.75, 3.05) is 0 Å². The molecule has 6 aliphatic rings. The molecule has 1 unspecified atom stereocenters. The van der Waals surface area contributed by atoms with E-state index in [9.17, 15) is 0 Å². The van der Waals surface area contributed by atoms with Gasteiger partial charge in [-0.15, -0.1) is 11.1 Å². The van der Waals surface area contributed by atoms with Crippen LogP contribution in [-0.2, 0) is 41.5 Å². The van der Waals surface area contributed by atoms with E-state index in [0.29, 0.717) is 11.3 Å². The first-order valence-electron chi connectivity index (χ1n) is 19.7. The van der Waals surface area contributed by atoms with Crippen LogP contribution in [0.1, 0.15) is 128 Å². The zero-order valence-corrected chi connectivity index (χ0v) is 35.0. The summed E-state index contributed by atoms with van der Waals surface area (Å²) in [5, 5.41) is 2.69. The van der Waals surface area contributed by atoms with Gasteiger partial charge in [0.15, 0.2) is 0 Å². The molecule has 0 nitrogen and oxygen atoms in total. The average molecular weight is 750 g/mol. The van der Waals surface area contributed by atoms with Gasteiger partial charge in [0.25, 0.3) is 0 Å². The van der Waals surface area contributed by atoms with Crippen molar-refractivity contribution < 1.29 is 24.2 Å². The summed E-state index contributed by atoms with van der Waals surface area (Å²) in [5.74, 6) is 3.82. The van der Waals surface area contributed by atoms with Crippen molar-refractivity contribution in [3.8, 4) is 11.1 Å². The van der Waals surface area contributed by atoms with Gasteiger partial charge in [0, 0.05) is 0 Å². The molecule has 0 saturated heterocycles. The molecule has 0 aliphatic heterocycles. The third-order valence-corrected chi connectivity index (χ3v) is 13.3. The van der Waals surface area contributed by atoms with E-state index in [4.69, 9.17) is 0 Å². The minimum absolute atomic E-state index is 0.167. The summed E-state index contributed by atoms with van der Waals surface area (Å²) in [7, 11) is 0. The van der Waals surface area contributed by atoms with Crippen molar-refractivity contribution in [2.24, 2.45) is 29.1 Å². The Morgan fingerprint density at radius 2 is 1.43 bits per heavy atom. The molecule has 4 bridgehead atoms. The van der Waals surface area contributed by atoms with Crippen LogP contribution in [0.4, 0.5) is 0 Å². The van der Waals surface area contributed by atoms with E-state index in [2.05, 4.69) is 150 Å². The molecular formula is C50H58Zr. The third-order valence-electron chi connectivity index (χ3n) is 12.6. The van der Waals surface area contributed by atoms with Crippen LogP contribution >= 0.6 is 0 Å². The Bertz CT molecular complexity index is 1880. The van der Waals surface area contributed by atoms with Crippen molar-refractivity contribution in [3.63, 3.8) is 0 Å². The van der Waals surface area contributed by atoms with Gasteiger partial charge in [-0.2, -0.15) is 35.4 Å². The molecule has 0 spiro atoms. The van der Waals surface area contributed by atoms with Gasteiger partial charge in [-0.1, -0.05) is 91.5 Å². The van der Waals surface area contributed by atoms with Gasteiger partial charge >= 0.3 is 86.7 Å². The van der Waals surface area contributed by atoms with Crippen LogP contribution in [0.3, 0.4) is 0 Å². The molecule has 10 rings (SSSR count). The fourth-order valence-corrected chi connectivity index (χ4v) is 11.0. The van der Waals surface area contributed by atoms with Gasteiger partial charge in [-0.25, -0.2) is 5.57 Å². The van der Waals surface area contributed by atoms with Gasteiger partial charge in [-0.05, 0) is 90.1 Å². The molecule has 51 heavy (non-hydrogen) atoms. The van der Waals surface area contributed by atoms with Crippen molar-refractivity contribution in [2.45, 2.75) is 118 Å². The van der Waals surface area contributed by atoms with Gasteiger partial charge < -0.3 is 0 Å². The Balaban J connectivity index is 0.000000124. The van der Waals surface area contributed by atoms with Crippen LogP contribution in [-0.4, -0.2) is 3.71 Å². The molecule has 1 heteroatoms. The maximum atomic E-state index is 3.67. The second kappa shape index (κ2) is 14.3. The number of hydrogen-bond acceptors (Lipinski definition) is 0. The fourth-order valence-electron chi connectivity index (χ4n) is 10.4. The summed E-state index contributed by atoms with van der Waals surface area (Å²) in [4.78, 5) is 0. The number of hydrogen-bond donors (Lipinski definition) is 0. The summed E-state index contributed by atoms with van der Waals surface area (Å²) in [6, 6.07) is 30.1. The van der Waals surface area contributed by atoms with Gasteiger partial charge in [-0.3, -0.25) is 6.08 Å². The Morgan fingerprint density at radius 1 is 0.784 bits per heavy atom. The number of allylic oxidation sites excluding steroid dienone is 4. The SMILES string of the molecule is CC(C)(C)c1[c-]c2c(cc1)-c1ccc(C(C)(C)C)cc1C2.CC1=[C-]C(C)C=C1CC12CC3CC(CC(C3)C1)C2.[Zr+2]=[CH]c1cccc2ccccc12. The van der Waals surface area contributed by atoms with Crippen LogP contribution in [0.25, 0.3) is 21.9 Å². The Morgan fingerprint density at radius 3 is 2.04 bits per heavy atom. The summed E-state index contributed by atoms with van der Waals surface area (Å²) in [5.41, 5.74) is 13.9. The molecule has 4 saturated carbocycles. The van der Waals surface area contributed by atoms with E-state index in [-0.39, 0.29) is 10.8 Å². The molecule has 1 atom stereocenters. The fraction of sp³-hybridized carbons (Fsp3) is 0.460. The zero-order chi connectivity index (χ0) is 36.1. The molecule has 0 N–H and O–H groups in total. The molecule has 0 radical (unpaired) electrons. The molecule has 0 heterocycles. The quantitative estimate of drug-likeness (QED) is 0.161. The molecule has 0 aromatic heterocycles. The molecule has 6 aliphatic carbocycles. The van der Waals surface area contributed by atoms with Crippen molar-refractivity contribution in [3.05, 3.63) is 130 Å². The maximum absolute atomic E-state index is 3.67. The van der Waals surface area contributed by atoms with Crippen LogP contribution < -0.4 is 0 Å². The van der Waals surface area contributed by atoms with Gasteiger partial charge in [0.05, 0.1) is 0 Å². The average Bonchev–Trinajstić information content (AvgIpc) is 3.60. The summed E-state index contributed by atoms with van der Waals surface area (Å²) in [6.45, 7) is 18.1. The zero-order valence-electron chi connectivity index (χ0n) is 32.5. The van der Waals surface area contributed by atoms with E-state index in [1.807, 2.05) is 0 Å². The Kier molecular flexibility index (Phi) is 10.3. The first-order chi connectivity index (χ1) is 24.2. The first-order valence-corrected chi connectivity index (χ1v) is 21.1. The second-order valence-corrected chi connectivity index (χ2v) is 19.6. The van der Waals surface area contributed by atoms with E-state index in [0.717, 1.165) is 24.2 Å². The summed E-state index contributed by atoms with van der Waals surface area (Å²) in [6.07, 6.45) is 17.8.